The van der Waals surface area contributed by atoms with E-state index in [2.05, 4.69) is 11.2 Å². The van der Waals surface area contributed by atoms with E-state index < -0.39 is 0 Å². The molecule has 2 N–H and O–H groups in total. The van der Waals surface area contributed by atoms with Crippen LogP contribution in [0.1, 0.15) is 0 Å². The number of thioether (sulfide) groups is 1. The number of pyridine rings is 1. The van der Waals surface area contributed by atoms with Crippen molar-refractivity contribution in [2.75, 3.05) is 12.0 Å². The van der Waals surface area contributed by atoms with Gasteiger partial charge in [0.1, 0.15) is 11.5 Å². The Balaban J connectivity index is 2.00. The van der Waals surface area contributed by atoms with Gasteiger partial charge in [-0.25, -0.2) is 0 Å². The molecule has 0 saturated heterocycles. The zero-order chi connectivity index (χ0) is 13.9. The topological polar surface area (TPSA) is 48.1 Å². The van der Waals surface area contributed by atoms with E-state index in [1.165, 1.54) is 4.90 Å². The van der Waals surface area contributed by atoms with Gasteiger partial charge in [0.2, 0.25) is 0 Å². The number of fused-ring (bicyclic) bond motifs is 1. The summed E-state index contributed by atoms with van der Waals surface area (Å²) in [5.74, 6) is 1.57. The van der Waals surface area contributed by atoms with Crippen LogP contribution in [0.15, 0.2) is 59.6 Å². The fourth-order valence-electron chi connectivity index (χ4n) is 2.03. The first-order valence-electron chi connectivity index (χ1n) is 6.23. The van der Waals surface area contributed by atoms with Gasteiger partial charge in [-0.1, -0.05) is 0 Å². The Kier molecular flexibility index (Phi) is 3.48. The zero-order valence-corrected chi connectivity index (χ0v) is 11.9. The molecule has 0 fully saturated rings. The lowest BCUT2D eigenvalue weighted by Gasteiger charge is -2.10. The molecular weight excluding hydrogens is 268 g/mol. The maximum absolute atomic E-state index is 5.94. The van der Waals surface area contributed by atoms with Crippen LogP contribution in [0, 0.1) is 0 Å². The second kappa shape index (κ2) is 5.43. The van der Waals surface area contributed by atoms with Gasteiger partial charge in [-0.15, -0.1) is 11.8 Å². The molecule has 100 valence electrons. The highest BCUT2D eigenvalue weighted by atomic mass is 32.2. The number of rotatable bonds is 3. The van der Waals surface area contributed by atoms with Gasteiger partial charge >= 0.3 is 0 Å². The summed E-state index contributed by atoms with van der Waals surface area (Å²) in [6.45, 7) is 0. The summed E-state index contributed by atoms with van der Waals surface area (Å²) < 4.78 is 5.94. The average Bonchev–Trinajstić information content (AvgIpc) is 2.51. The molecule has 1 heterocycles. The van der Waals surface area contributed by atoms with Crippen molar-refractivity contribution in [3.05, 3.63) is 54.7 Å². The van der Waals surface area contributed by atoms with Crippen molar-refractivity contribution in [2.24, 2.45) is 0 Å². The molecule has 0 aliphatic rings. The van der Waals surface area contributed by atoms with Crippen molar-refractivity contribution < 1.29 is 4.74 Å². The van der Waals surface area contributed by atoms with E-state index in [1.807, 2.05) is 48.5 Å². The molecule has 4 heteroatoms. The van der Waals surface area contributed by atoms with Crippen LogP contribution in [0.25, 0.3) is 10.9 Å². The smallest absolute Gasteiger partial charge is 0.136 e. The van der Waals surface area contributed by atoms with E-state index in [4.69, 9.17) is 10.5 Å². The third-order valence-electron chi connectivity index (χ3n) is 3.05. The minimum absolute atomic E-state index is 0.658. The molecule has 0 spiro atoms. The fourth-order valence-corrected chi connectivity index (χ4v) is 2.44. The summed E-state index contributed by atoms with van der Waals surface area (Å²) in [4.78, 5) is 5.51. The van der Waals surface area contributed by atoms with Gasteiger partial charge in [-0.2, -0.15) is 0 Å². The Bertz CT molecular complexity index is 741. The van der Waals surface area contributed by atoms with Crippen molar-refractivity contribution in [2.45, 2.75) is 4.90 Å². The third-order valence-corrected chi connectivity index (χ3v) is 3.79. The standard InChI is InChI=1S/C16H14N2OS/c1-20-12-6-4-11(5-7-12)19-15-9-8-14(17)16-13(15)3-2-10-18-16/h2-10H,17H2,1H3. The first-order valence-corrected chi connectivity index (χ1v) is 7.45. The number of aromatic nitrogens is 1. The van der Waals surface area contributed by atoms with Gasteiger partial charge in [-0.3, -0.25) is 4.98 Å². The molecule has 3 aromatic rings. The van der Waals surface area contributed by atoms with Crippen LogP contribution in [0.5, 0.6) is 11.5 Å². The van der Waals surface area contributed by atoms with Crippen molar-refractivity contribution in [3.8, 4) is 11.5 Å². The fraction of sp³-hybridized carbons (Fsp3) is 0.0625. The first kappa shape index (κ1) is 12.8. The minimum Gasteiger partial charge on any atom is -0.457 e. The van der Waals surface area contributed by atoms with Gasteiger partial charge in [-0.05, 0) is 54.8 Å². The summed E-state index contributed by atoms with van der Waals surface area (Å²) >= 11 is 1.71. The molecule has 0 aliphatic carbocycles. The van der Waals surface area contributed by atoms with Crippen molar-refractivity contribution >= 4 is 28.4 Å². The van der Waals surface area contributed by atoms with Gasteiger partial charge in [0.15, 0.2) is 0 Å². The molecule has 3 nitrogen and oxygen atoms in total. The monoisotopic (exact) mass is 282 g/mol. The second-order valence-electron chi connectivity index (χ2n) is 4.33. The van der Waals surface area contributed by atoms with E-state index in [0.29, 0.717) is 5.69 Å². The zero-order valence-electron chi connectivity index (χ0n) is 11.0. The van der Waals surface area contributed by atoms with Crippen molar-refractivity contribution in [1.82, 2.24) is 4.98 Å². The highest BCUT2D eigenvalue weighted by molar-refractivity contribution is 7.98. The van der Waals surface area contributed by atoms with Crippen LogP contribution in [0.3, 0.4) is 0 Å². The van der Waals surface area contributed by atoms with Gasteiger partial charge in [0.25, 0.3) is 0 Å². The van der Waals surface area contributed by atoms with Crippen molar-refractivity contribution in [3.63, 3.8) is 0 Å². The molecule has 20 heavy (non-hydrogen) atoms. The first-order chi connectivity index (χ1) is 9.78. The molecule has 0 atom stereocenters. The van der Waals surface area contributed by atoms with Crippen LogP contribution in [0.2, 0.25) is 0 Å². The molecule has 0 saturated carbocycles. The van der Waals surface area contributed by atoms with Crippen LogP contribution in [0.4, 0.5) is 5.69 Å². The van der Waals surface area contributed by atoms with Gasteiger partial charge < -0.3 is 10.5 Å². The predicted octanol–water partition coefficient (Wildman–Crippen LogP) is 4.33. The lowest BCUT2D eigenvalue weighted by Crippen LogP contribution is -1.92. The van der Waals surface area contributed by atoms with E-state index in [9.17, 15) is 0 Å². The Morgan fingerprint density at radius 1 is 1.05 bits per heavy atom. The summed E-state index contributed by atoms with van der Waals surface area (Å²) in [6.07, 6.45) is 3.78. The number of benzene rings is 2. The largest absolute Gasteiger partial charge is 0.457 e. The molecule has 1 aromatic heterocycles. The second-order valence-corrected chi connectivity index (χ2v) is 5.21. The Labute approximate surface area is 121 Å². The maximum Gasteiger partial charge on any atom is 0.136 e. The number of hydrogen-bond donors (Lipinski definition) is 1. The summed E-state index contributed by atoms with van der Waals surface area (Å²) in [5.41, 5.74) is 7.36. The molecule has 0 unspecified atom stereocenters. The third kappa shape index (κ3) is 2.42. The Hall–Kier alpha value is -2.20. The molecular formula is C16H14N2OS. The maximum atomic E-state index is 5.94. The van der Waals surface area contributed by atoms with Crippen LogP contribution in [-0.2, 0) is 0 Å². The summed E-state index contributed by atoms with van der Waals surface area (Å²) in [7, 11) is 0. The van der Waals surface area contributed by atoms with E-state index in [0.717, 1.165) is 22.4 Å². The predicted molar refractivity (Wildman–Crippen MR) is 84.5 cm³/mol. The number of hydrogen-bond acceptors (Lipinski definition) is 4. The SMILES string of the molecule is CSc1ccc(Oc2ccc(N)c3ncccc23)cc1. The minimum atomic E-state index is 0.658. The highest BCUT2D eigenvalue weighted by Crippen LogP contribution is 2.32. The van der Waals surface area contributed by atoms with Crippen LogP contribution in [-0.4, -0.2) is 11.2 Å². The number of nitrogens with zero attached hydrogens (tertiary/aromatic N) is 1. The van der Waals surface area contributed by atoms with Crippen LogP contribution < -0.4 is 10.5 Å². The molecule has 3 rings (SSSR count). The summed E-state index contributed by atoms with van der Waals surface area (Å²) in [5, 5.41) is 0.918. The molecule has 2 aromatic carbocycles. The number of ether oxygens (including phenoxy) is 1. The Morgan fingerprint density at radius 2 is 1.85 bits per heavy atom. The lowest BCUT2D eigenvalue weighted by molar-refractivity contribution is 0.488. The summed E-state index contributed by atoms with van der Waals surface area (Å²) in [6, 6.07) is 15.5. The number of anilines is 1. The number of nitrogen functional groups attached to an aromatic ring is 1. The van der Waals surface area contributed by atoms with Crippen LogP contribution >= 0.6 is 11.8 Å². The normalized spacial score (nSPS) is 10.7. The van der Waals surface area contributed by atoms with E-state index >= 15 is 0 Å². The average molecular weight is 282 g/mol. The lowest BCUT2D eigenvalue weighted by atomic mass is 10.1. The molecule has 0 amide bonds. The van der Waals surface area contributed by atoms with E-state index in [1.54, 1.807) is 18.0 Å². The van der Waals surface area contributed by atoms with Gasteiger partial charge in [0, 0.05) is 16.5 Å². The van der Waals surface area contributed by atoms with Gasteiger partial charge in [0.05, 0.1) is 11.2 Å². The highest BCUT2D eigenvalue weighted by Gasteiger charge is 2.06. The van der Waals surface area contributed by atoms with Crippen molar-refractivity contribution in [1.29, 1.82) is 0 Å². The Morgan fingerprint density at radius 3 is 2.60 bits per heavy atom. The quantitative estimate of drug-likeness (QED) is 0.573. The number of nitrogens with two attached hydrogens (primary N) is 1. The molecule has 0 aliphatic heterocycles. The molecule has 0 radical (unpaired) electrons. The van der Waals surface area contributed by atoms with E-state index in [-0.39, 0.29) is 0 Å². The molecule has 0 bridgehead atoms.